The number of pyridine rings is 1. The number of aromatic nitrogens is 3. The van der Waals surface area contributed by atoms with Gasteiger partial charge in [0.2, 0.25) is 0 Å². The quantitative estimate of drug-likeness (QED) is 0.617. The molecule has 0 radical (unpaired) electrons. The average molecular weight is 163 g/mol. The van der Waals surface area contributed by atoms with Gasteiger partial charge < -0.3 is 9.55 Å². The average Bonchev–Trinajstić information content (AvgIpc) is 2.48. The molecule has 12 heavy (non-hydrogen) atoms. The van der Waals surface area contributed by atoms with E-state index >= 15 is 0 Å². The molecular weight excluding hydrogens is 154 g/mol. The molecule has 0 spiro atoms. The van der Waals surface area contributed by atoms with Gasteiger partial charge in [0.1, 0.15) is 5.52 Å². The number of aromatic amines is 1. The first-order valence-corrected chi connectivity index (χ1v) is 3.70. The Morgan fingerprint density at radius 3 is 3.08 bits per heavy atom. The van der Waals surface area contributed by atoms with E-state index in [-0.39, 0.29) is 5.56 Å². The van der Waals surface area contributed by atoms with Crippen LogP contribution < -0.4 is 5.56 Å². The zero-order chi connectivity index (χ0) is 8.72. The molecule has 0 aliphatic rings. The van der Waals surface area contributed by atoms with Gasteiger partial charge in [0.05, 0.1) is 11.8 Å². The molecule has 0 aromatic carbocycles. The summed E-state index contributed by atoms with van der Waals surface area (Å²) in [4.78, 5) is 18.3. The summed E-state index contributed by atoms with van der Waals surface area (Å²) in [7, 11) is 1.75. The molecule has 0 fully saturated rings. The Morgan fingerprint density at radius 1 is 1.58 bits per heavy atom. The van der Waals surface area contributed by atoms with Gasteiger partial charge in [-0.3, -0.25) is 4.79 Å². The molecule has 2 rings (SSSR count). The summed E-state index contributed by atoms with van der Waals surface area (Å²) < 4.78 is 1.60. The van der Waals surface area contributed by atoms with Crippen LogP contribution in [0.3, 0.4) is 0 Å². The van der Waals surface area contributed by atoms with E-state index in [0.29, 0.717) is 5.52 Å². The van der Waals surface area contributed by atoms with Crippen molar-refractivity contribution in [3.05, 3.63) is 28.4 Å². The standard InChI is InChI=1S/C8H9N3O/c1-5-3-6-7(10-4-9-6)8(12)11(5)2/h3-4H,1-2H3,(H,9,10). The minimum absolute atomic E-state index is 0.0255. The fourth-order valence-corrected chi connectivity index (χ4v) is 1.21. The molecule has 2 heterocycles. The van der Waals surface area contributed by atoms with Crippen molar-refractivity contribution in [2.24, 2.45) is 7.05 Å². The van der Waals surface area contributed by atoms with E-state index in [9.17, 15) is 4.79 Å². The molecule has 1 N–H and O–H groups in total. The molecule has 0 aliphatic heterocycles. The lowest BCUT2D eigenvalue weighted by atomic mass is 10.3. The first-order chi connectivity index (χ1) is 5.70. The number of hydrogen-bond donors (Lipinski definition) is 1. The van der Waals surface area contributed by atoms with E-state index in [1.165, 1.54) is 6.33 Å². The van der Waals surface area contributed by atoms with E-state index in [1.54, 1.807) is 11.6 Å². The second-order valence-corrected chi connectivity index (χ2v) is 2.81. The molecule has 0 aliphatic carbocycles. The van der Waals surface area contributed by atoms with E-state index < -0.39 is 0 Å². The van der Waals surface area contributed by atoms with Crippen LogP contribution in [0.4, 0.5) is 0 Å². The van der Waals surface area contributed by atoms with Crippen molar-refractivity contribution in [3.8, 4) is 0 Å². The number of nitrogens with one attached hydrogen (secondary N) is 1. The van der Waals surface area contributed by atoms with Crippen LogP contribution in [-0.4, -0.2) is 14.5 Å². The van der Waals surface area contributed by atoms with Crippen molar-refractivity contribution in [1.82, 2.24) is 14.5 Å². The molecule has 0 bridgehead atoms. The van der Waals surface area contributed by atoms with Gasteiger partial charge in [0.15, 0.2) is 0 Å². The molecule has 62 valence electrons. The SMILES string of the molecule is Cc1cc2nc[nH]c2c(=O)n1C. The van der Waals surface area contributed by atoms with Crippen molar-refractivity contribution in [3.63, 3.8) is 0 Å². The maximum Gasteiger partial charge on any atom is 0.276 e. The summed E-state index contributed by atoms with van der Waals surface area (Å²) in [5.41, 5.74) is 2.20. The van der Waals surface area contributed by atoms with Crippen molar-refractivity contribution in [2.45, 2.75) is 6.92 Å². The third-order valence-electron chi connectivity index (χ3n) is 2.06. The number of aryl methyl sites for hydroxylation is 1. The summed E-state index contributed by atoms with van der Waals surface area (Å²) in [6.07, 6.45) is 1.53. The first kappa shape index (κ1) is 7.09. The minimum atomic E-state index is -0.0255. The first-order valence-electron chi connectivity index (χ1n) is 3.70. The Kier molecular flexibility index (Phi) is 1.30. The lowest BCUT2D eigenvalue weighted by molar-refractivity contribution is 0.828. The summed E-state index contributed by atoms with van der Waals surface area (Å²) in [6.45, 7) is 1.88. The van der Waals surface area contributed by atoms with E-state index in [2.05, 4.69) is 9.97 Å². The summed E-state index contributed by atoms with van der Waals surface area (Å²) in [5, 5.41) is 0. The number of fused-ring (bicyclic) bond motifs is 1. The minimum Gasteiger partial charge on any atom is -0.340 e. The molecule has 4 heteroatoms. The lowest BCUT2D eigenvalue weighted by Crippen LogP contribution is -2.18. The maximum absolute atomic E-state index is 11.5. The fourth-order valence-electron chi connectivity index (χ4n) is 1.21. The van der Waals surface area contributed by atoms with Crippen LogP contribution >= 0.6 is 0 Å². The third kappa shape index (κ3) is 0.777. The summed E-state index contributed by atoms with van der Waals surface area (Å²) in [6, 6.07) is 1.88. The van der Waals surface area contributed by atoms with Gasteiger partial charge >= 0.3 is 0 Å². The molecule has 4 nitrogen and oxygen atoms in total. The zero-order valence-corrected chi connectivity index (χ0v) is 6.96. The molecular formula is C8H9N3O. The molecule has 2 aromatic rings. The van der Waals surface area contributed by atoms with Gasteiger partial charge in [-0.05, 0) is 13.0 Å². The fraction of sp³-hybridized carbons (Fsp3) is 0.250. The molecule has 0 unspecified atom stereocenters. The number of hydrogen-bond acceptors (Lipinski definition) is 2. The van der Waals surface area contributed by atoms with Crippen molar-refractivity contribution < 1.29 is 0 Å². The van der Waals surface area contributed by atoms with Crippen LogP contribution in [-0.2, 0) is 7.05 Å². The second-order valence-electron chi connectivity index (χ2n) is 2.81. The third-order valence-corrected chi connectivity index (χ3v) is 2.06. The maximum atomic E-state index is 11.5. The Labute approximate surface area is 68.9 Å². The highest BCUT2D eigenvalue weighted by molar-refractivity contribution is 5.73. The summed E-state index contributed by atoms with van der Waals surface area (Å²) in [5.74, 6) is 0. The van der Waals surface area contributed by atoms with Crippen molar-refractivity contribution in [1.29, 1.82) is 0 Å². The number of rotatable bonds is 0. The number of H-pyrrole nitrogens is 1. The Bertz CT molecular complexity index is 480. The van der Waals surface area contributed by atoms with Gasteiger partial charge in [-0.25, -0.2) is 4.98 Å². The van der Waals surface area contributed by atoms with Gasteiger partial charge in [-0.15, -0.1) is 0 Å². The highest BCUT2D eigenvalue weighted by atomic mass is 16.1. The molecule has 0 atom stereocenters. The zero-order valence-electron chi connectivity index (χ0n) is 6.96. The van der Waals surface area contributed by atoms with Crippen LogP contribution in [0.2, 0.25) is 0 Å². The second kappa shape index (κ2) is 2.20. The van der Waals surface area contributed by atoms with Crippen LogP contribution in [0.25, 0.3) is 11.0 Å². The van der Waals surface area contributed by atoms with Crippen LogP contribution in [0.1, 0.15) is 5.69 Å². The van der Waals surface area contributed by atoms with Crippen molar-refractivity contribution >= 4 is 11.0 Å². The largest absolute Gasteiger partial charge is 0.340 e. The van der Waals surface area contributed by atoms with E-state index in [4.69, 9.17) is 0 Å². The topological polar surface area (TPSA) is 50.7 Å². The van der Waals surface area contributed by atoms with E-state index in [0.717, 1.165) is 11.2 Å². The number of imidazole rings is 1. The molecule has 0 saturated heterocycles. The van der Waals surface area contributed by atoms with Crippen molar-refractivity contribution in [2.75, 3.05) is 0 Å². The smallest absolute Gasteiger partial charge is 0.276 e. The highest BCUT2D eigenvalue weighted by Crippen LogP contribution is 2.04. The predicted molar refractivity (Wildman–Crippen MR) is 46.1 cm³/mol. The number of nitrogens with zero attached hydrogens (tertiary/aromatic N) is 2. The summed E-state index contributed by atoms with van der Waals surface area (Å²) >= 11 is 0. The van der Waals surface area contributed by atoms with Gasteiger partial charge in [0, 0.05) is 12.7 Å². The Hall–Kier alpha value is -1.58. The monoisotopic (exact) mass is 163 g/mol. The predicted octanol–water partition coefficient (Wildman–Crippen LogP) is 0.570. The lowest BCUT2D eigenvalue weighted by Gasteiger charge is -2.00. The van der Waals surface area contributed by atoms with Crippen LogP contribution in [0, 0.1) is 6.92 Å². The Balaban J connectivity index is 3.05. The molecule has 2 aromatic heterocycles. The Morgan fingerprint density at radius 2 is 2.33 bits per heavy atom. The van der Waals surface area contributed by atoms with Gasteiger partial charge in [0.25, 0.3) is 5.56 Å². The molecule has 0 amide bonds. The van der Waals surface area contributed by atoms with Gasteiger partial charge in [-0.2, -0.15) is 0 Å². The van der Waals surface area contributed by atoms with Crippen LogP contribution in [0.5, 0.6) is 0 Å². The van der Waals surface area contributed by atoms with Crippen LogP contribution in [0.15, 0.2) is 17.2 Å². The molecule has 0 saturated carbocycles. The van der Waals surface area contributed by atoms with Gasteiger partial charge in [-0.1, -0.05) is 0 Å². The normalized spacial score (nSPS) is 10.8. The van der Waals surface area contributed by atoms with E-state index in [1.807, 2.05) is 13.0 Å². The highest BCUT2D eigenvalue weighted by Gasteiger charge is 2.03.